The molecule has 126 valence electrons. The summed E-state index contributed by atoms with van der Waals surface area (Å²) >= 11 is 0. The van der Waals surface area contributed by atoms with Crippen LogP contribution in [0.1, 0.15) is 37.6 Å². The third-order valence-corrected chi connectivity index (χ3v) is 3.19. The van der Waals surface area contributed by atoms with Crippen molar-refractivity contribution in [2.75, 3.05) is 10.6 Å². The molecule has 0 aromatic heterocycles. The fraction of sp³-hybridized carbons (Fsp3) is 0.263. The second kappa shape index (κ2) is 8.15. The Labute approximate surface area is 142 Å². The van der Waals surface area contributed by atoms with Crippen LogP contribution in [0.2, 0.25) is 0 Å². The molecule has 0 aliphatic carbocycles. The van der Waals surface area contributed by atoms with Crippen molar-refractivity contribution in [1.29, 1.82) is 0 Å². The summed E-state index contributed by atoms with van der Waals surface area (Å²) in [6, 6.07) is 14.1. The predicted octanol–water partition coefficient (Wildman–Crippen LogP) is 4.07. The second-order valence-corrected chi connectivity index (χ2v) is 5.63. The number of carbonyl (C=O) groups excluding carboxylic acids is 2. The van der Waals surface area contributed by atoms with Crippen molar-refractivity contribution in [3.05, 3.63) is 54.1 Å². The summed E-state index contributed by atoms with van der Waals surface area (Å²) in [5.74, 6) is 0.349. The predicted molar refractivity (Wildman–Crippen MR) is 95.5 cm³/mol. The highest BCUT2D eigenvalue weighted by Gasteiger charge is 2.09. The summed E-state index contributed by atoms with van der Waals surface area (Å²) in [5.41, 5.74) is 1.77. The van der Waals surface area contributed by atoms with E-state index in [4.69, 9.17) is 4.74 Å². The van der Waals surface area contributed by atoms with E-state index in [2.05, 4.69) is 10.6 Å². The van der Waals surface area contributed by atoms with Crippen molar-refractivity contribution in [3.8, 4) is 5.75 Å². The molecule has 24 heavy (non-hydrogen) atoms. The number of amides is 2. The Hall–Kier alpha value is -2.82. The van der Waals surface area contributed by atoms with Crippen LogP contribution < -0.4 is 15.4 Å². The number of rotatable bonds is 6. The summed E-state index contributed by atoms with van der Waals surface area (Å²) in [6.07, 6.45) is 0.446. The number of hydrogen-bond acceptors (Lipinski definition) is 3. The Bertz CT molecular complexity index is 726. The number of carbonyl (C=O) groups is 2. The molecule has 0 aliphatic rings. The summed E-state index contributed by atoms with van der Waals surface area (Å²) < 4.78 is 5.60. The minimum atomic E-state index is -0.233. The molecule has 0 atom stereocenters. The maximum Gasteiger partial charge on any atom is 0.255 e. The summed E-state index contributed by atoms with van der Waals surface area (Å²) in [4.78, 5) is 23.8. The molecule has 0 aliphatic heterocycles. The quantitative estimate of drug-likeness (QED) is 0.840. The van der Waals surface area contributed by atoms with Crippen molar-refractivity contribution >= 4 is 23.2 Å². The average molecular weight is 326 g/mol. The number of hydrogen-bond donors (Lipinski definition) is 2. The maximum absolute atomic E-state index is 12.4. The van der Waals surface area contributed by atoms with Gasteiger partial charge in [-0.05, 0) is 50.2 Å². The maximum atomic E-state index is 12.4. The van der Waals surface area contributed by atoms with Gasteiger partial charge in [-0.25, -0.2) is 0 Å². The molecule has 2 rings (SSSR count). The van der Waals surface area contributed by atoms with Crippen molar-refractivity contribution < 1.29 is 14.3 Å². The molecule has 0 heterocycles. The van der Waals surface area contributed by atoms with Crippen LogP contribution in [-0.2, 0) is 4.79 Å². The molecule has 0 saturated carbocycles. The lowest BCUT2D eigenvalue weighted by Gasteiger charge is -2.11. The fourth-order valence-corrected chi connectivity index (χ4v) is 2.11. The van der Waals surface area contributed by atoms with Gasteiger partial charge in [-0.1, -0.05) is 19.1 Å². The van der Waals surface area contributed by atoms with E-state index in [0.29, 0.717) is 29.1 Å². The minimum Gasteiger partial charge on any atom is -0.491 e. The van der Waals surface area contributed by atoms with Gasteiger partial charge in [0.2, 0.25) is 5.91 Å². The molecule has 5 heteroatoms. The number of benzene rings is 2. The average Bonchev–Trinajstić information content (AvgIpc) is 2.54. The van der Waals surface area contributed by atoms with Gasteiger partial charge in [0.15, 0.2) is 0 Å². The van der Waals surface area contributed by atoms with Gasteiger partial charge in [-0.15, -0.1) is 0 Å². The smallest absolute Gasteiger partial charge is 0.255 e. The highest BCUT2D eigenvalue weighted by Crippen LogP contribution is 2.19. The largest absolute Gasteiger partial charge is 0.491 e. The van der Waals surface area contributed by atoms with Crippen LogP contribution in [0.25, 0.3) is 0 Å². The van der Waals surface area contributed by atoms with Gasteiger partial charge in [0.1, 0.15) is 5.75 Å². The molecule has 2 N–H and O–H groups in total. The molecule has 2 aromatic carbocycles. The SMILES string of the molecule is CCC(=O)Nc1cccc(NC(=O)c2cccc(OC(C)C)c2)c1. The normalized spacial score (nSPS) is 10.3. The zero-order chi connectivity index (χ0) is 17.5. The van der Waals surface area contributed by atoms with E-state index in [-0.39, 0.29) is 17.9 Å². The second-order valence-electron chi connectivity index (χ2n) is 5.63. The first kappa shape index (κ1) is 17.5. The summed E-state index contributed by atoms with van der Waals surface area (Å²) in [7, 11) is 0. The molecule has 0 spiro atoms. The van der Waals surface area contributed by atoms with E-state index in [9.17, 15) is 9.59 Å². The van der Waals surface area contributed by atoms with Gasteiger partial charge in [0.25, 0.3) is 5.91 Å². The van der Waals surface area contributed by atoms with E-state index in [0.717, 1.165) is 0 Å². The third kappa shape index (κ3) is 5.12. The molecule has 0 bridgehead atoms. The molecule has 2 aromatic rings. The summed E-state index contributed by atoms with van der Waals surface area (Å²) in [6.45, 7) is 5.65. The van der Waals surface area contributed by atoms with Crippen LogP contribution in [0, 0.1) is 0 Å². The van der Waals surface area contributed by atoms with Gasteiger partial charge >= 0.3 is 0 Å². The topological polar surface area (TPSA) is 67.4 Å². The van der Waals surface area contributed by atoms with Gasteiger partial charge < -0.3 is 15.4 Å². The van der Waals surface area contributed by atoms with Crippen LogP contribution in [0.15, 0.2) is 48.5 Å². The highest BCUT2D eigenvalue weighted by atomic mass is 16.5. The van der Waals surface area contributed by atoms with Crippen LogP contribution in [0.3, 0.4) is 0 Å². The highest BCUT2D eigenvalue weighted by molar-refractivity contribution is 6.05. The first-order valence-corrected chi connectivity index (χ1v) is 7.96. The molecule has 2 amide bonds. The van der Waals surface area contributed by atoms with Gasteiger partial charge in [0, 0.05) is 23.4 Å². The first-order chi connectivity index (χ1) is 11.5. The van der Waals surface area contributed by atoms with Crippen molar-refractivity contribution in [2.24, 2.45) is 0 Å². The Morgan fingerprint density at radius 1 is 1.00 bits per heavy atom. The zero-order valence-electron chi connectivity index (χ0n) is 14.1. The monoisotopic (exact) mass is 326 g/mol. The number of anilines is 2. The summed E-state index contributed by atoms with van der Waals surface area (Å²) in [5, 5.41) is 5.59. The third-order valence-electron chi connectivity index (χ3n) is 3.19. The molecular formula is C19H22N2O3. The number of nitrogens with one attached hydrogen (secondary N) is 2. The number of ether oxygens (including phenoxy) is 1. The Morgan fingerprint density at radius 2 is 1.67 bits per heavy atom. The lowest BCUT2D eigenvalue weighted by Crippen LogP contribution is -2.13. The lowest BCUT2D eigenvalue weighted by molar-refractivity contribution is -0.115. The van der Waals surface area contributed by atoms with Crippen LogP contribution in [-0.4, -0.2) is 17.9 Å². The molecule has 5 nitrogen and oxygen atoms in total. The lowest BCUT2D eigenvalue weighted by atomic mass is 10.2. The van der Waals surface area contributed by atoms with Crippen LogP contribution >= 0.6 is 0 Å². The van der Waals surface area contributed by atoms with Gasteiger partial charge in [0.05, 0.1) is 6.10 Å². The molecule has 0 unspecified atom stereocenters. The Kier molecular flexibility index (Phi) is 5.95. The first-order valence-electron chi connectivity index (χ1n) is 7.96. The minimum absolute atomic E-state index is 0.0437. The van der Waals surface area contributed by atoms with Gasteiger partial charge in [-0.3, -0.25) is 9.59 Å². The van der Waals surface area contributed by atoms with Crippen LogP contribution in [0.5, 0.6) is 5.75 Å². The molecule has 0 fully saturated rings. The molecule has 0 radical (unpaired) electrons. The van der Waals surface area contributed by atoms with Crippen molar-refractivity contribution in [3.63, 3.8) is 0 Å². The molecular weight excluding hydrogens is 304 g/mol. The van der Waals surface area contributed by atoms with Crippen molar-refractivity contribution in [2.45, 2.75) is 33.3 Å². The van der Waals surface area contributed by atoms with Crippen molar-refractivity contribution in [1.82, 2.24) is 0 Å². The van der Waals surface area contributed by atoms with E-state index in [1.807, 2.05) is 19.9 Å². The van der Waals surface area contributed by atoms with E-state index >= 15 is 0 Å². The fourth-order valence-electron chi connectivity index (χ4n) is 2.11. The Morgan fingerprint density at radius 3 is 2.33 bits per heavy atom. The molecule has 0 saturated heterocycles. The van der Waals surface area contributed by atoms with E-state index in [1.165, 1.54) is 0 Å². The zero-order valence-corrected chi connectivity index (χ0v) is 14.1. The van der Waals surface area contributed by atoms with E-state index in [1.54, 1.807) is 49.4 Å². The van der Waals surface area contributed by atoms with Gasteiger partial charge in [-0.2, -0.15) is 0 Å². The Balaban J connectivity index is 2.09. The van der Waals surface area contributed by atoms with E-state index < -0.39 is 0 Å². The van der Waals surface area contributed by atoms with Crippen LogP contribution in [0.4, 0.5) is 11.4 Å². The standard InChI is InChI=1S/C19H22N2O3/c1-4-18(22)20-15-8-6-9-16(12-15)21-19(23)14-7-5-10-17(11-14)24-13(2)3/h5-13H,4H2,1-3H3,(H,20,22)(H,21,23).